The molecular weight excluding hydrogens is 349 g/mol. The quantitative estimate of drug-likeness (QED) is 0.863. The van der Waals surface area contributed by atoms with Crippen LogP contribution in [0.4, 0.5) is 18.0 Å². The molecule has 1 aliphatic heterocycles. The van der Waals surface area contributed by atoms with E-state index in [-0.39, 0.29) is 17.9 Å². The molecule has 0 unspecified atom stereocenters. The Bertz CT molecular complexity index is 589. The Morgan fingerprint density at radius 1 is 1.15 bits per heavy atom. The van der Waals surface area contributed by atoms with Gasteiger partial charge in [0.25, 0.3) is 0 Å². The van der Waals surface area contributed by atoms with E-state index in [1.54, 1.807) is 17.0 Å². The zero-order valence-corrected chi connectivity index (χ0v) is 15.2. The highest BCUT2D eigenvalue weighted by atomic mass is 19.4. The summed E-state index contributed by atoms with van der Waals surface area (Å²) in [5, 5.41) is 3.37. The molecule has 0 bridgehead atoms. The first-order valence-electron chi connectivity index (χ1n) is 8.58. The molecule has 1 amide bonds. The number of ether oxygens (including phenoxy) is 2. The Balaban J connectivity index is 1.74. The van der Waals surface area contributed by atoms with E-state index in [0.29, 0.717) is 19.6 Å². The molecule has 1 heterocycles. The fraction of sp³-hybridized carbons (Fsp3) is 0.611. The van der Waals surface area contributed by atoms with Crippen molar-refractivity contribution in [1.82, 2.24) is 10.2 Å². The van der Waals surface area contributed by atoms with Crippen LogP contribution in [0.1, 0.15) is 39.2 Å². The highest BCUT2D eigenvalue weighted by Crippen LogP contribution is 2.23. The maximum Gasteiger partial charge on any atom is 0.573 e. The molecule has 2 rings (SSSR count). The molecule has 1 aromatic rings. The minimum absolute atomic E-state index is 0.230. The second-order valence-corrected chi connectivity index (χ2v) is 7.31. The molecule has 1 N–H and O–H groups in total. The minimum atomic E-state index is -4.68. The van der Waals surface area contributed by atoms with Crippen LogP contribution in [0.5, 0.6) is 5.75 Å². The molecule has 0 radical (unpaired) electrons. The van der Waals surface area contributed by atoms with Gasteiger partial charge < -0.3 is 19.7 Å². The van der Waals surface area contributed by atoms with Crippen LogP contribution in [-0.4, -0.2) is 42.1 Å². The Hall–Kier alpha value is -1.96. The number of carbonyl (C=O) groups is 1. The number of benzene rings is 1. The fourth-order valence-electron chi connectivity index (χ4n) is 2.66. The van der Waals surface area contributed by atoms with E-state index in [9.17, 15) is 18.0 Å². The van der Waals surface area contributed by atoms with Crippen molar-refractivity contribution in [2.24, 2.45) is 0 Å². The average molecular weight is 374 g/mol. The highest BCUT2D eigenvalue weighted by molar-refractivity contribution is 5.68. The van der Waals surface area contributed by atoms with Crippen molar-refractivity contribution in [1.29, 1.82) is 0 Å². The van der Waals surface area contributed by atoms with E-state index in [4.69, 9.17) is 4.74 Å². The summed E-state index contributed by atoms with van der Waals surface area (Å²) in [6.07, 6.45) is -3.37. The summed E-state index contributed by atoms with van der Waals surface area (Å²) >= 11 is 0. The summed E-state index contributed by atoms with van der Waals surface area (Å²) in [4.78, 5) is 13.7. The van der Waals surface area contributed by atoms with Crippen LogP contribution < -0.4 is 10.1 Å². The van der Waals surface area contributed by atoms with Gasteiger partial charge in [-0.25, -0.2) is 4.79 Å². The summed E-state index contributed by atoms with van der Waals surface area (Å²) in [7, 11) is 0. The lowest BCUT2D eigenvalue weighted by Crippen LogP contribution is -2.46. The summed E-state index contributed by atoms with van der Waals surface area (Å²) in [5.74, 6) is -0.230. The lowest BCUT2D eigenvalue weighted by atomic mass is 10.0. The third-order valence-electron chi connectivity index (χ3n) is 3.90. The van der Waals surface area contributed by atoms with Crippen LogP contribution in [0, 0.1) is 0 Å². The zero-order valence-electron chi connectivity index (χ0n) is 15.2. The molecule has 1 saturated heterocycles. The zero-order chi connectivity index (χ0) is 19.4. The molecular formula is C18H25F3N2O3. The molecule has 0 aromatic heterocycles. The smallest absolute Gasteiger partial charge is 0.444 e. The number of piperidine rings is 1. The first-order valence-corrected chi connectivity index (χ1v) is 8.58. The number of hydrogen-bond acceptors (Lipinski definition) is 4. The third kappa shape index (κ3) is 7.11. The van der Waals surface area contributed by atoms with Gasteiger partial charge in [-0.2, -0.15) is 0 Å². The number of rotatable bonds is 4. The third-order valence-corrected chi connectivity index (χ3v) is 3.90. The van der Waals surface area contributed by atoms with Crippen molar-refractivity contribution in [3.63, 3.8) is 0 Å². The van der Waals surface area contributed by atoms with Crippen molar-refractivity contribution >= 4 is 6.09 Å². The lowest BCUT2D eigenvalue weighted by molar-refractivity contribution is -0.274. The van der Waals surface area contributed by atoms with Gasteiger partial charge >= 0.3 is 12.5 Å². The van der Waals surface area contributed by atoms with Crippen molar-refractivity contribution in [2.45, 2.75) is 58.2 Å². The fourth-order valence-corrected chi connectivity index (χ4v) is 2.66. The predicted molar refractivity (Wildman–Crippen MR) is 90.8 cm³/mol. The SMILES string of the molecule is CC(C)(C)OC(=O)N1CCC(NCc2ccc(OC(F)(F)F)cc2)CC1. The summed E-state index contributed by atoms with van der Waals surface area (Å²) < 4.78 is 45.6. The number of carbonyl (C=O) groups excluding carboxylic acids is 1. The normalized spacial score (nSPS) is 16.5. The molecule has 5 nitrogen and oxygen atoms in total. The predicted octanol–water partition coefficient (Wildman–Crippen LogP) is 4.07. The lowest BCUT2D eigenvalue weighted by Gasteiger charge is -2.33. The Morgan fingerprint density at radius 2 is 1.73 bits per heavy atom. The van der Waals surface area contributed by atoms with Gasteiger partial charge in [-0.15, -0.1) is 13.2 Å². The molecule has 8 heteroatoms. The summed E-state index contributed by atoms with van der Waals surface area (Å²) in [6, 6.07) is 6.05. The van der Waals surface area contributed by atoms with Gasteiger partial charge in [0.05, 0.1) is 0 Å². The van der Waals surface area contributed by atoms with E-state index in [1.165, 1.54) is 12.1 Å². The highest BCUT2D eigenvalue weighted by Gasteiger charge is 2.31. The number of nitrogens with zero attached hydrogens (tertiary/aromatic N) is 1. The van der Waals surface area contributed by atoms with E-state index < -0.39 is 12.0 Å². The van der Waals surface area contributed by atoms with Crippen LogP contribution in [0.3, 0.4) is 0 Å². The van der Waals surface area contributed by atoms with E-state index in [1.807, 2.05) is 20.8 Å². The molecule has 1 fully saturated rings. The van der Waals surface area contributed by atoms with Crippen molar-refractivity contribution < 1.29 is 27.4 Å². The van der Waals surface area contributed by atoms with Crippen LogP contribution in [-0.2, 0) is 11.3 Å². The standard InChI is InChI=1S/C18H25F3N2O3/c1-17(2,3)26-16(24)23-10-8-14(9-11-23)22-12-13-4-6-15(7-5-13)25-18(19,20)21/h4-7,14,22H,8-12H2,1-3H3. The Morgan fingerprint density at radius 3 is 2.23 bits per heavy atom. The monoisotopic (exact) mass is 374 g/mol. The van der Waals surface area contributed by atoms with Crippen LogP contribution in [0.25, 0.3) is 0 Å². The van der Waals surface area contributed by atoms with E-state index in [2.05, 4.69) is 10.1 Å². The topological polar surface area (TPSA) is 50.8 Å². The maximum atomic E-state index is 12.1. The van der Waals surface area contributed by atoms with Crippen LogP contribution in [0.15, 0.2) is 24.3 Å². The van der Waals surface area contributed by atoms with Crippen molar-refractivity contribution in [2.75, 3.05) is 13.1 Å². The molecule has 0 saturated carbocycles. The largest absolute Gasteiger partial charge is 0.573 e. The maximum absolute atomic E-state index is 12.1. The van der Waals surface area contributed by atoms with Gasteiger partial charge in [0, 0.05) is 25.7 Å². The number of nitrogens with one attached hydrogen (secondary N) is 1. The molecule has 1 aromatic carbocycles. The molecule has 26 heavy (non-hydrogen) atoms. The molecule has 146 valence electrons. The number of hydrogen-bond donors (Lipinski definition) is 1. The van der Waals surface area contributed by atoms with Gasteiger partial charge in [0.1, 0.15) is 11.4 Å². The van der Waals surface area contributed by atoms with Crippen LogP contribution >= 0.6 is 0 Å². The Kier molecular flexibility index (Phi) is 6.39. The van der Waals surface area contributed by atoms with E-state index in [0.717, 1.165) is 18.4 Å². The van der Waals surface area contributed by atoms with Crippen LogP contribution in [0.2, 0.25) is 0 Å². The molecule has 0 aliphatic carbocycles. The van der Waals surface area contributed by atoms with Gasteiger partial charge in [-0.3, -0.25) is 0 Å². The first-order chi connectivity index (χ1) is 12.0. The van der Waals surface area contributed by atoms with Gasteiger partial charge in [-0.1, -0.05) is 12.1 Å². The van der Waals surface area contributed by atoms with Gasteiger partial charge in [-0.05, 0) is 51.3 Å². The van der Waals surface area contributed by atoms with Gasteiger partial charge in [0.2, 0.25) is 0 Å². The van der Waals surface area contributed by atoms with Gasteiger partial charge in [0.15, 0.2) is 0 Å². The van der Waals surface area contributed by atoms with Crippen molar-refractivity contribution in [3.8, 4) is 5.75 Å². The molecule has 0 spiro atoms. The summed E-state index contributed by atoms with van der Waals surface area (Å²) in [5.41, 5.74) is 0.364. The minimum Gasteiger partial charge on any atom is -0.444 e. The first kappa shape index (κ1) is 20.4. The van der Waals surface area contributed by atoms with E-state index >= 15 is 0 Å². The number of halogens is 3. The molecule has 0 atom stereocenters. The summed E-state index contributed by atoms with van der Waals surface area (Å²) in [6.45, 7) is 7.29. The number of amides is 1. The Labute approximate surface area is 151 Å². The second kappa shape index (κ2) is 8.16. The number of alkyl halides is 3. The average Bonchev–Trinajstić information content (AvgIpc) is 2.51. The molecule has 1 aliphatic rings. The van der Waals surface area contributed by atoms with Crippen molar-refractivity contribution in [3.05, 3.63) is 29.8 Å². The second-order valence-electron chi connectivity index (χ2n) is 7.31. The number of likely N-dealkylation sites (tertiary alicyclic amines) is 1.